The fraction of sp³-hybridized carbons (Fsp3) is 0.333. The van der Waals surface area contributed by atoms with Crippen LogP contribution in [-0.4, -0.2) is 44.9 Å². The lowest BCUT2D eigenvalue weighted by Crippen LogP contribution is -2.05. The summed E-state index contributed by atoms with van der Waals surface area (Å²) in [4.78, 5) is 17.0. The van der Waals surface area contributed by atoms with E-state index in [-0.39, 0.29) is 5.97 Å². The fourth-order valence-corrected chi connectivity index (χ4v) is 4.92. The van der Waals surface area contributed by atoms with Crippen LogP contribution in [0.5, 0.6) is 0 Å². The van der Waals surface area contributed by atoms with Crippen LogP contribution in [0, 0.1) is 0 Å². The molecule has 0 spiro atoms. The Hall–Kier alpha value is -2.75. The van der Waals surface area contributed by atoms with Crippen molar-refractivity contribution in [3.05, 3.63) is 59.0 Å². The molecule has 0 aliphatic heterocycles. The highest BCUT2D eigenvalue weighted by molar-refractivity contribution is 7.98. The van der Waals surface area contributed by atoms with Crippen molar-refractivity contribution in [1.82, 2.24) is 19.1 Å². The Labute approximate surface area is 201 Å². The lowest BCUT2D eigenvalue weighted by Gasteiger charge is -2.09. The van der Waals surface area contributed by atoms with Crippen LogP contribution < -0.4 is 0 Å². The number of hydrogen-bond acceptors (Lipinski definition) is 8. The second kappa shape index (κ2) is 11.4. The second-order valence-corrected chi connectivity index (χ2v) is 8.85. The Bertz CT molecular complexity index is 1190. The SMILES string of the molecule is CCOCCCn1c(SCc2ccc(-c3csnn3)cc2)nc2cc(C(=O)OCC)ccc21. The average Bonchev–Trinajstić information content (AvgIpc) is 3.49. The van der Waals surface area contributed by atoms with Crippen molar-refractivity contribution in [2.24, 2.45) is 0 Å². The summed E-state index contributed by atoms with van der Waals surface area (Å²) < 4.78 is 16.8. The first-order chi connectivity index (χ1) is 16.2. The third-order valence-electron chi connectivity index (χ3n) is 5.08. The number of carbonyl (C=O) groups is 1. The highest BCUT2D eigenvalue weighted by atomic mass is 32.2. The van der Waals surface area contributed by atoms with E-state index in [0.29, 0.717) is 25.4 Å². The molecule has 9 heteroatoms. The summed E-state index contributed by atoms with van der Waals surface area (Å²) in [6.07, 6.45) is 0.892. The Morgan fingerprint density at radius 2 is 1.97 bits per heavy atom. The Morgan fingerprint density at radius 3 is 2.70 bits per heavy atom. The monoisotopic (exact) mass is 482 g/mol. The van der Waals surface area contributed by atoms with Gasteiger partial charge in [-0.25, -0.2) is 9.78 Å². The first-order valence-corrected chi connectivity index (χ1v) is 12.8. The number of nitrogens with zero attached hydrogens (tertiary/aromatic N) is 4. The number of esters is 1. The molecule has 2 aromatic carbocycles. The third-order valence-corrected chi connectivity index (χ3v) is 6.63. The number of carbonyl (C=O) groups excluding carboxylic acids is 1. The van der Waals surface area contributed by atoms with E-state index in [1.54, 1.807) is 18.7 Å². The Kier molecular flexibility index (Phi) is 8.09. The molecule has 0 radical (unpaired) electrons. The molecular formula is C24H26N4O3S2. The fourth-order valence-electron chi connectivity index (χ4n) is 3.45. The molecule has 0 N–H and O–H groups in total. The van der Waals surface area contributed by atoms with E-state index in [2.05, 4.69) is 38.4 Å². The van der Waals surface area contributed by atoms with E-state index in [0.717, 1.165) is 46.2 Å². The third kappa shape index (κ3) is 5.79. The number of thioether (sulfide) groups is 1. The van der Waals surface area contributed by atoms with Crippen molar-refractivity contribution in [3.8, 4) is 11.3 Å². The number of aryl methyl sites for hydroxylation is 1. The molecule has 0 atom stereocenters. The highest BCUT2D eigenvalue weighted by Crippen LogP contribution is 2.29. The van der Waals surface area contributed by atoms with E-state index in [1.807, 2.05) is 30.5 Å². The van der Waals surface area contributed by atoms with E-state index in [1.165, 1.54) is 17.1 Å². The topological polar surface area (TPSA) is 79.1 Å². The molecule has 0 bridgehead atoms. The number of fused-ring (bicyclic) bond motifs is 1. The van der Waals surface area contributed by atoms with Gasteiger partial charge in [-0.1, -0.05) is 40.5 Å². The van der Waals surface area contributed by atoms with E-state index in [9.17, 15) is 4.79 Å². The molecule has 0 fully saturated rings. The summed E-state index contributed by atoms with van der Waals surface area (Å²) in [7, 11) is 0. The highest BCUT2D eigenvalue weighted by Gasteiger charge is 2.15. The summed E-state index contributed by atoms with van der Waals surface area (Å²) in [5.41, 5.74) is 5.48. The lowest BCUT2D eigenvalue weighted by molar-refractivity contribution is 0.0526. The van der Waals surface area contributed by atoms with Gasteiger partial charge in [-0.05, 0) is 55.6 Å². The van der Waals surface area contributed by atoms with Crippen LogP contribution in [0.1, 0.15) is 36.2 Å². The number of ether oxygens (including phenoxy) is 2. The van der Waals surface area contributed by atoms with Crippen molar-refractivity contribution < 1.29 is 14.3 Å². The first-order valence-electron chi connectivity index (χ1n) is 10.9. The number of benzene rings is 2. The second-order valence-electron chi connectivity index (χ2n) is 7.30. The molecule has 172 valence electrons. The molecule has 7 nitrogen and oxygen atoms in total. The molecule has 2 heterocycles. The van der Waals surface area contributed by atoms with Gasteiger partial charge in [0.15, 0.2) is 5.16 Å². The average molecular weight is 483 g/mol. The largest absolute Gasteiger partial charge is 0.462 e. The summed E-state index contributed by atoms with van der Waals surface area (Å²) in [6.45, 7) is 6.37. The number of aromatic nitrogens is 4. The van der Waals surface area contributed by atoms with Crippen LogP contribution in [0.2, 0.25) is 0 Å². The zero-order valence-electron chi connectivity index (χ0n) is 18.7. The van der Waals surface area contributed by atoms with Crippen molar-refractivity contribution in [3.63, 3.8) is 0 Å². The predicted molar refractivity (Wildman–Crippen MR) is 132 cm³/mol. The van der Waals surface area contributed by atoms with Gasteiger partial charge in [0.05, 0.1) is 23.2 Å². The Morgan fingerprint density at radius 1 is 1.12 bits per heavy atom. The van der Waals surface area contributed by atoms with Gasteiger partial charge in [-0.15, -0.1) is 5.10 Å². The van der Waals surface area contributed by atoms with Gasteiger partial charge in [-0.3, -0.25) is 0 Å². The van der Waals surface area contributed by atoms with Gasteiger partial charge in [0.1, 0.15) is 5.69 Å². The van der Waals surface area contributed by atoms with Crippen LogP contribution >= 0.6 is 23.3 Å². The maximum Gasteiger partial charge on any atom is 0.338 e. The molecule has 0 saturated carbocycles. The standard InChI is InChI=1S/C24H26N4O3S2/c1-3-30-13-5-12-28-22-11-10-19(23(29)31-4-2)14-20(22)25-24(28)32-15-17-6-8-18(9-7-17)21-16-33-27-26-21/h6-11,14,16H,3-5,12-13,15H2,1-2H3. The summed E-state index contributed by atoms with van der Waals surface area (Å²) in [6, 6.07) is 13.9. The molecule has 0 amide bonds. The molecule has 33 heavy (non-hydrogen) atoms. The maximum atomic E-state index is 12.2. The van der Waals surface area contributed by atoms with Crippen LogP contribution in [0.25, 0.3) is 22.3 Å². The molecule has 4 rings (SSSR count). The summed E-state index contributed by atoms with van der Waals surface area (Å²) in [5.74, 6) is 0.463. The lowest BCUT2D eigenvalue weighted by atomic mass is 10.1. The first kappa shape index (κ1) is 23.4. The van der Waals surface area contributed by atoms with E-state index in [4.69, 9.17) is 14.5 Å². The molecule has 0 saturated heterocycles. The Balaban J connectivity index is 1.54. The van der Waals surface area contributed by atoms with Gasteiger partial charge in [0.25, 0.3) is 0 Å². The van der Waals surface area contributed by atoms with Crippen molar-refractivity contribution in [2.45, 2.75) is 37.7 Å². The van der Waals surface area contributed by atoms with Crippen molar-refractivity contribution >= 4 is 40.3 Å². The number of rotatable bonds is 11. The van der Waals surface area contributed by atoms with Crippen LogP contribution in [-0.2, 0) is 21.8 Å². The van der Waals surface area contributed by atoms with Crippen LogP contribution in [0.15, 0.2) is 53.0 Å². The molecular weight excluding hydrogens is 456 g/mol. The minimum absolute atomic E-state index is 0.324. The predicted octanol–water partition coefficient (Wildman–Crippen LogP) is 5.45. The number of hydrogen-bond donors (Lipinski definition) is 0. The zero-order valence-corrected chi connectivity index (χ0v) is 20.3. The molecule has 4 aromatic rings. The maximum absolute atomic E-state index is 12.2. The van der Waals surface area contributed by atoms with Crippen molar-refractivity contribution in [1.29, 1.82) is 0 Å². The summed E-state index contributed by atoms with van der Waals surface area (Å²) >= 11 is 3.04. The molecule has 0 aliphatic rings. The normalized spacial score (nSPS) is 11.2. The quantitative estimate of drug-likeness (QED) is 0.160. The van der Waals surface area contributed by atoms with Gasteiger partial charge in [-0.2, -0.15) is 0 Å². The zero-order chi connectivity index (χ0) is 23.0. The minimum Gasteiger partial charge on any atom is -0.462 e. The van der Waals surface area contributed by atoms with Gasteiger partial charge >= 0.3 is 5.97 Å². The van der Waals surface area contributed by atoms with E-state index < -0.39 is 0 Å². The van der Waals surface area contributed by atoms with Gasteiger partial charge in [0, 0.05) is 36.5 Å². The molecule has 0 aliphatic carbocycles. The summed E-state index contributed by atoms with van der Waals surface area (Å²) in [5, 5.41) is 6.99. The smallest absolute Gasteiger partial charge is 0.338 e. The van der Waals surface area contributed by atoms with Crippen molar-refractivity contribution in [2.75, 3.05) is 19.8 Å². The van der Waals surface area contributed by atoms with Gasteiger partial charge < -0.3 is 14.0 Å². The molecule has 2 aromatic heterocycles. The van der Waals surface area contributed by atoms with Crippen LogP contribution in [0.3, 0.4) is 0 Å². The molecule has 0 unspecified atom stereocenters. The van der Waals surface area contributed by atoms with Crippen LogP contribution in [0.4, 0.5) is 0 Å². The van der Waals surface area contributed by atoms with Gasteiger partial charge in [0.2, 0.25) is 0 Å². The minimum atomic E-state index is -0.324. The van der Waals surface area contributed by atoms with E-state index >= 15 is 0 Å². The number of imidazole rings is 1.